The zero-order chi connectivity index (χ0) is 20.5. The summed E-state index contributed by atoms with van der Waals surface area (Å²) in [6.07, 6.45) is 0. The molecule has 7 nitrogen and oxygen atoms in total. The van der Waals surface area contributed by atoms with Gasteiger partial charge in [-0.3, -0.25) is 4.90 Å². The van der Waals surface area contributed by atoms with E-state index in [2.05, 4.69) is 36.3 Å². The number of oxime groups is 1. The number of piperazine rings is 1. The molecule has 0 saturated carbocycles. The Balaban J connectivity index is 0.00000144. The highest BCUT2D eigenvalue weighted by Crippen LogP contribution is 2.37. The largest absolute Gasteiger partial charge is 0.494 e. The molecule has 1 saturated heterocycles. The Bertz CT molecular complexity index is 1160. The van der Waals surface area contributed by atoms with E-state index in [0.717, 1.165) is 59.4 Å². The molecule has 5 rings (SSSR count). The molecule has 0 bridgehead atoms. The first-order chi connectivity index (χ1) is 14.7. The number of fused-ring (bicyclic) bond motifs is 2. The summed E-state index contributed by atoms with van der Waals surface area (Å²) >= 11 is 3.54. The molecule has 0 unspecified atom stereocenters. The average Bonchev–Trinajstić information content (AvgIpc) is 3.29. The first-order valence-electron chi connectivity index (χ1n) is 10.0. The Morgan fingerprint density at radius 3 is 2.69 bits per heavy atom. The molecule has 3 N–H and O–H groups in total. The van der Waals surface area contributed by atoms with E-state index >= 15 is 0 Å². The molecule has 2 aliphatic rings. The molecule has 3 aromatic rings. The number of benzene rings is 2. The minimum Gasteiger partial charge on any atom is -0.494 e. The number of aliphatic imine (C=N–C) groups is 1. The van der Waals surface area contributed by atoms with Gasteiger partial charge in [0.05, 0.1) is 16.8 Å². The number of aromatic hydroxyl groups is 1. The van der Waals surface area contributed by atoms with E-state index in [4.69, 9.17) is 9.83 Å². The Hall–Kier alpha value is -2.10. The Labute approximate surface area is 206 Å². The van der Waals surface area contributed by atoms with Crippen LogP contribution in [0.3, 0.4) is 0 Å². The molecule has 0 amide bonds. The smallest absolute Gasteiger partial charge is 0.199 e. The van der Waals surface area contributed by atoms with E-state index in [9.17, 15) is 5.11 Å². The maximum absolute atomic E-state index is 10.7. The average molecular weight is 541 g/mol. The van der Waals surface area contributed by atoms with Gasteiger partial charge in [-0.25, -0.2) is 4.99 Å². The Kier molecular flexibility index (Phi) is 8.19. The van der Waals surface area contributed by atoms with E-state index in [-0.39, 0.29) is 30.7 Å². The van der Waals surface area contributed by atoms with E-state index < -0.39 is 0 Å². The second kappa shape index (κ2) is 10.7. The van der Waals surface area contributed by atoms with Crippen molar-refractivity contribution in [2.45, 2.75) is 0 Å². The van der Waals surface area contributed by atoms with Gasteiger partial charge in [0.2, 0.25) is 0 Å². The summed E-state index contributed by atoms with van der Waals surface area (Å²) in [6.45, 7) is 5.39. The number of halogens is 3. The molecule has 0 spiro atoms. The summed E-state index contributed by atoms with van der Waals surface area (Å²) in [7, 11) is 0. The highest BCUT2D eigenvalue weighted by molar-refractivity contribution is 9.10. The Morgan fingerprint density at radius 1 is 1.09 bits per heavy atom. The highest BCUT2D eigenvalue weighted by Gasteiger charge is 2.29. The number of para-hydroxylation sites is 2. The maximum atomic E-state index is 10.7. The molecule has 0 atom stereocenters. The van der Waals surface area contributed by atoms with Crippen molar-refractivity contribution in [1.29, 1.82) is 0 Å². The van der Waals surface area contributed by atoms with Crippen molar-refractivity contribution < 1.29 is 9.94 Å². The van der Waals surface area contributed by atoms with Gasteiger partial charge in [0.15, 0.2) is 5.88 Å². The first kappa shape index (κ1) is 24.5. The van der Waals surface area contributed by atoms with Gasteiger partial charge < -0.3 is 20.2 Å². The second-order valence-electron chi connectivity index (χ2n) is 7.35. The van der Waals surface area contributed by atoms with Crippen molar-refractivity contribution in [2.75, 3.05) is 39.3 Å². The lowest BCUT2D eigenvalue weighted by molar-refractivity contribution is 0.106. The van der Waals surface area contributed by atoms with E-state index in [1.165, 1.54) is 0 Å². The molecule has 2 aromatic carbocycles. The van der Waals surface area contributed by atoms with Crippen molar-refractivity contribution in [2.24, 2.45) is 10.1 Å². The standard InChI is InChI=1S/C22H22BrN5O2.2ClH/c23-16-6-3-5-15-18(22(29)26-19(15)16)21-20(14-4-1-2-7-17(14)25-21)27-30-13-12-28-10-8-24-9-11-28;;/h1-7,24,26,29H,8-13H2;2*1H/b27-20+;;. The van der Waals surface area contributed by atoms with Gasteiger partial charge in [-0.2, -0.15) is 0 Å². The quantitative estimate of drug-likeness (QED) is 0.334. The number of nitrogens with one attached hydrogen (secondary N) is 2. The fourth-order valence-electron chi connectivity index (χ4n) is 3.96. The molecular formula is C22H24BrCl2N5O2. The van der Waals surface area contributed by atoms with Gasteiger partial charge in [0.25, 0.3) is 0 Å². The van der Waals surface area contributed by atoms with Gasteiger partial charge in [-0.1, -0.05) is 35.5 Å². The summed E-state index contributed by atoms with van der Waals surface area (Å²) in [4.78, 5) is 15.9. The molecule has 10 heteroatoms. The van der Waals surface area contributed by atoms with E-state index in [1.54, 1.807) is 0 Å². The normalized spacial score (nSPS) is 16.9. The number of hydrogen-bond donors (Lipinski definition) is 3. The third-order valence-electron chi connectivity index (χ3n) is 5.48. The van der Waals surface area contributed by atoms with Crippen LogP contribution in [0.5, 0.6) is 5.88 Å². The predicted octanol–water partition coefficient (Wildman–Crippen LogP) is 4.24. The number of H-pyrrole nitrogens is 1. The molecule has 32 heavy (non-hydrogen) atoms. The zero-order valence-corrected chi connectivity index (χ0v) is 20.4. The van der Waals surface area contributed by atoms with Crippen LogP contribution in [0, 0.1) is 0 Å². The molecule has 170 valence electrons. The maximum Gasteiger partial charge on any atom is 0.199 e. The number of aromatic amines is 1. The summed E-state index contributed by atoms with van der Waals surface area (Å²) in [5, 5.41) is 19.4. The molecule has 0 radical (unpaired) electrons. The fourth-order valence-corrected chi connectivity index (χ4v) is 4.43. The number of rotatable bonds is 5. The number of nitrogens with zero attached hydrogens (tertiary/aromatic N) is 3. The summed E-state index contributed by atoms with van der Waals surface area (Å²) in [5.74, 6) is 0.0666. The fraction of sp³-hybridized carbons (Fsp3) is 0.273. The lowest BCUT2D eigenvalue weighted by Crippen LogP contribution is -2.44. The third kappa shape index (κ3) is 4.65. The van der Waals surface area contributed by atoms with Crippen LogP contribution in [-0.4, -0.2) is 65.7 Å². The van der Waals surface area contributed by atoms with Gasteiger partial charge in [-0.05, 0) is 28.1 Å². The topological polar surface area (TPSA) is 85.2 Å². The first-order valence-corrected chi connectivity index (χ1v) is 10.8. The third-order valence-corrected chi connectivity index (χ3v) is 6.14. The van der Waals surface area contributed by atoms with E-state index in [1.807, 2.05) is 42.5 Å². The van der Waals surface area contributed by atoms with Crippen LogP contribution in [0.4, 0.5) is 5.69 Å². The minimum absolute atomic E-state index is 0. The van der Waals surface area contributed by atoms with Crippen LogP contribution in [0.15, 0.2) is 57.1 Å². The highest BCUT2D eigenvalue weighted by atomic mass is 79.9. The molecule has 0 aliphatic carbocycles. The summed E-state index contributed by atoms with van der Waals surface area (Å²) < 4.78 is 0.878. The van der Waals surface area contributed by atoms with Crippen LogP contribution < -0.4 is 5.32 Å². The van der Waals surface area contributed by atoms with Crippen molar-refractivity contribution >= 4 is 68.8 Å². The van der Waals surface area contributed by atoms with E-state index in [0.29, 0.717) is 23.6 Å². The van der Waals surface area contributed by atoms with Crippen molar-refractivity contribution in [3.05, 3.63) is 58.1 Å². The molecular weight excluding hydrogens is 517 g/mol. The number of aromatic nitrogens is 1. The molecule has 3 heterocycles. The number of hydrogen-bond acceptors (Lipinski definition) is 6. The predicted molar refractivity (Wildman–Crippen MR) is 137 cm³/mol. The lowest BCUT2D eigenvalue weighted by atomic mass is 10.0. The van der Waals surface area contributed by atoms with Crippen molar-refractivity contribution in [3.8, 4) is 5.88 Å². The van der Waals surface area contributed by atoms with Crippen LogP contribution in [0.1, 0.15) is 11.1 Å². The Morgan fingerprint density at radius 2 is 1.88 bits per heavy atom. The SMILES string of the molecule is Cl.Cl.Oc1[nH]c2c(Br)cccc2c1C1=Nc2ccccc2/C1=N\OCCN1CCNCC1. The van der Waals surface area contributed by atoms with Gasteiger partial charge in [0, 0.05) is 48.1 Å². The second-order valence-corrected chi connectivity index (χ2v) is 8.21. The van der Waals surface area contributed by atoms with Gasteiger partial charge in [-0.15, -0.1) is 24.8 Å². The minimum atomic E-state index is 0. The van der Waals surface area contributed by atoms with Gasteiger partial charge >= 0.3 is 0 Å². The molecule has 1 aromatic heterocycles. The van der Waals surface area contributed by atoms with Crippen molar-refractivity contribution in [3.63, 3.8) is 0 Å². The molecule has 1 fully saturated rings. The van der Waals surface area contributed by atoms with Crippen LogP contribution in [0.2, 0.25) is 0 Å². The lowest BCUT2D eigenvalue weighted by Gasteiger charge is -2.26. The summed E-state index contributed by atoms with van der Waals surface area (Å²) in [5.41, 5.74) is 4.43. The van der Waals surface area contributed by atoms with Crippen LogP contribution in [0.25, 0.3) is 10.9 Å². The van der Waals surface area contributed by atoms with Crippen molar-refractivity contribution in [1.82, 2.24) is 15.2 Å². The monoisotopic (exact) mass is 539 g/mol. The van der Waals surface area contributed by atoms with Crippen LogP contribution in [-0.2, 0) is 4.84 Å². The molecule has 2 aliphatic heterocycles. The summed E-state index contributed by atoms with van der Waals surface area (Å²) in [6, 6.07) is 13.7. The van der Waals surface area contributed by atoms with Gasteiger partial charge in [0.1, 0.15) is 18.0 Å². The van der Waals surface area contributed by atoms with Crippen LogP contribution >= 0.6 is 40.7 Å². The zero-order valence-electron chi connectivity index (χ0n) is 17.2.